The van der Waals surface area contributed by atoms with Gasteiger partial charge in [-0.2, -0.15) is 5.10 Å². The number of urea groups is 1. The average molecular weight is 407 g/mol. The summed E-state index contributed by atoms with van der Waals surface area (Å²) in [6, 6.07) is 6.20. The summed E-state index contributed by atoms with van der Waals surface area (Å²) >= 11 is 6.00. The number of amides is 3. The van der Waals surface area contributed by atoms with E-state index in [-0.39, 0.29) is 11.9 Å². The van der Waals surface area contributed by atoms with Gasteiger partial charge in [0, 0.05) is 23.6 Å². The quantitative estimate of drug-likeness (QED) is 0.610. The summed E-state index contributed by atoms with van der Waals surface area (Å²) in [6.45, 7) is 3.81. The molecule has 2 aromatic rings. The molecule has 4 N–H and O–H groups in total. The van der Waals surface area contributed by atoms with Crippen LogP contribution in [0.15, 0.2) is 24.3 Å². The topological polar surface area (TPSA) is 109 Å². The molecule has 1 fully saturated rings. The third-order valence-electron chi connectivity index (χ3n) is 4.37. The maximum Gasteiger partial charge on any atom is 0.324 e. The second kappa shape index (κ2) is 8.49. The molecule has 1 aromatic carbocycles. The van der Waals surface area contributed by atoms with Crippen molar-refractivity contribution in [3.05, 3.63) is 35.0 Å². The smallest absolute Gasteiger partial charge is 0.324 e. The molecular weight excluding hydrogens is 384 g/mol. The van der Waals surface area contributed by atoms with E-state index >= 15 is 0 Å². The molecule has 0 aliphatic carbocycles. The van der Waals surface area contributed by atoms with Crippen LogP contribution in [0.3, 0.4) is 0 Å². The summed E-state index contributed by atoms with van der Waals surface area (Å²) in [5.41, 5.74) is 1.13. The van der Waals surface area contributed by atoms with Crippen LogP contribution in [0.2, 0.25) is 5.02 Å². The van der Waals surface area contributed by atoms with Crippen LogP contribution in [0, 0.1) is 6.92 Å². The molecule has 1 aromatic heterocycles. The number of anilines is 2. The van der Waals surface area contributed by atoms with Crippen molar-refractivity contribution < 1.29 is 14.3 Å². The number of hydrogen-bond acceptors (Lipinski definition) is 5. The first-order valence-electron chi connectivity index (χ1n) is 8.92. The molecule has 1 aliphatic heterocycles. The Balaban J connectivity index is 1.77. The predicted octanol–water partition coefficient (Wildman–Crippen LogP) is 2.84. The maximum absolute atomic E-state index is 12.5. The molecule has 28 heavy (non-hydrogen) atoms. The number of carbonyl (C=O) groups excluding carboxylic acids is 2. The van der Waals surface area contributed by atoms with Crippen LogP contribution in [0.1, 0.15) is 31.7 Å². The zero-order valence-electron chi connectivity index (χ0n) is 15.9. The van der Waals surface area contributed by atoms with E-state index < -0.39 is 12.3 Å². The van der Waals surface area contributed by atoms with Gasteiger partial charge in [-0.1, -0.05) is 18.5 Å². The van der Waals surface area contributed by atoms with Crippen molar-refractivity contribution >= 4 is 35.0 Å². The van der Waals surface area contributed by atoms with Crippen LogP contribution in [0.25, 0.3) is 0 Å². The number of aryl methyl sites for hydroxylation is 1. The molecule has 3 amide bonds. The van der Waals surface area contributed by atoms with Gasteiger partial charge >= 0.3 is 6.03 Å². The molecule has 0 saturated carbocycles. The Morgan fingerprint density at radius 2 is 2.18 bits per heavy atom. The number of nitrogens with one attached hydrogen (secondary N) is 4. The predicted molar refractivity (Wildman–Crippen MR) is 107 cm³/mol. The van der Waals surface area contributed by atoms with Gasteiger partial charge in [0.2, 0.25) is 5.91 Å². The van der Waals surface area contributed by atoms with E-state index in [0.29, 0.717) is 34.4 Å². The minimum absolute atomic E-state index is 0.0423. The monoisotopic (exact) mass is 406 g/mol. The van der Waals surface area contributed by atoms with Crippen LogP contribution in [-0.4, -0.2) is 34.9 Å². The van der Waals surface area contributed by atoms with Crippen LogP contribution in [-0.2, 0) is 4.79 Å². The number of aromatic nitrogens is 2. The molecular formula is C18H23ClN6O3. The Morgan fingerprint density at radius 1 is 1.39 bits per heavy atom. The fourth-order valence-electron chi connectivity index (χ4n) is 3.01. The highest BCUT2D eigenvalue weighted by Gasteiger charge is 2.28. The number of rotatable bonds is 5. The number of ether oxygens (including phenoxy) is 1. The van der Waals surface area contributed by atoms with Crippen molar-refractivity contribution in [2.45, 2.75) is 39.0 Å². The van der Waals surface area contributed by atoms with Crippen LogP contribution >= 0.6 is 11.6 Å². The highest BCUT2D eigenvalue weighted by molar-refractivity contribution is 6.31. The van der Waals surface area contributed by atoms with Crippen molar-refractivity contribution in [1.29, 1.82) is 0 Å². The molecule has 150 valence electrons. The lowest BCUT2D eigenvalue weighted by Gasteiger charge is -2.31. The molecule has 0 bridgehead atoms. The summed E-state index contributed by atoms with van der Waals surface area (Å²) in [5, 5.41) is 16.5. The fraction of sp³-hybridized carbons (Fsp3) is 0.389. The minimum atomic E-state index is -0.545. The number of nitrogens with zero attached hydrogens (tertiary/aromatic N) is 2. The van der Waals surface area contributed by atoms with E-state index in [4.69, 9.17) is 16.3 Å². The first kappa shape index (κ1) is 20.0. The van der Waals surface area contributed by atoms with Gasteiger partial charge in [0.1, 0.15) is 11.6 Å². The molecule has 1 saturated heterocycles. The first-order valence-corrected chi connectivity index (χ1v) is 9.30. The van der Waals surface area contributed by atoms with Crippen LogP contribution < -0.4 is 26.0 Å². The second-order valence-corrected chi connectivity index (χ2v) is 6.92. The average Bonchev–Trinajstić information content (AvgIpc) is 3.01. The lowest BCUT2D eigenvalue weighted by atomic mass is 10.1. The summed E-state index contributed by atoms with van der Waals surface area (Å²) in [6.07, 6.45) is 0.670. The summed E-state index contributed by atoms with van der Waals surface area (Å²) in [5.74, 6) is 0.851. The highest BCUT2D eigenvalue weighted by Crippen LogP contribution is 2.28. The van der Waals surface area contributed by atoms with Crippen molar-refractivity contribution in [3.63, 3.8) is 0 Å². The van der Waals surface area contributed by atoms with Gasteiger partial charge in [-0.05, 0) is 31.5 Å². The van der Waals surface area contributed by atoms with Crippen LogP contribution in [0.4, 0.5) is 16.3 Å². The Hall–Kier alpha value is -2.78. The van der Waals surface area contributed by atoms with Gasteiger partial charge in [0.15, 0.2) is 6.29 Å². The minimum Gasteiger partial charge on any atom is -0.495 e. The van der Waals surface area contributed by atoms with Gasteiger partial charge in [0.25, 0.3) is 0 Å². The van der Waals surface area contributed by atoms with Crippen molar-refractivity contribution in [3.8, 4) is 5.75 Å². The van der Waals surface area contributed by atoms with Gasteiger partial charge in [0.05, 0.1) is 18.5 Å². The van der Waals surface area contributed by atoms with Crippen molar-refractivity contribution in [2.75, 3.05) is 17.7 Å². The summed E-state index contributed by atoms with van der Waals surface area (Å²) < 4.78 is 6.78. The molecule has 2 unspecified atom stereocenters. The molecule has 0 radical (unpaired) electrons. The largest absolute Gasteiger partial charge is 0.495 e. The van der Waals surface area contributed by atoms with Gasteiger partial charge in [-0.3, -0.25) is 15.4 Å². The summed E-state index contributed by atoms with van der Waals surface area (Å²) in [4.78, 5) is 24.5. The third-order valence-corrected chi connectivity index (χ3v) is 4.60. The molecule has 3 rings (SSSR count). The van der Waals surface area contributed by atoms with Gasteiger partial charge in [-0.25, -0.2) is 9.48 Å². The lowest BCUT2D eigenvalue weighted by Crippen LogP contribution is -2.53. The highest BCUT2D eigenvalue weighted by atomic mass is 35.5. The molecule has 1 aliphatic rings. The lowest BCUT2D eigenvalue weighted by molar-refractivity contribution is -0.125. The number of halogens is 1. The third kappa shape index (κ3) is 4.55. The van der Waals surface area contributed by atoms with Crippen LogP contribution in [0.5, 0.6) is 5.75 Å². The number of hydrogen-bond donors (Lipinski definition) is 4. The zero-order valence-corrected chi connectivity index (χ0v) is 16.6. The molecule has 9 nitrogen and oxygen atoms in total. The van der Waals surface area contributed by atoms with E-state index in [2.05, 4.69) is 26.4 Å². The number of benzene rings is 1. The van der Waals surface area contributed by atoms with Gasteiger partial charge < -0.3 is 15.4 Å². The maximum atomic E-state index is 12.5. The summed E-state index contributed by atoms with van der Waals surface area (Å²) in [7, 11) is 1.51. The molecule has 2 heterocycles. The Morgan fingerprint density at radius 3 is 2.89 bits per heavy atom. The SMILES string of the molecule is CCC1CC(=O)NC(n2nc(C)cc2NC(=O)Nc2cc(Cl)ccc2OC)N1. The van der Waals surface area contributed by atoms with E-state index in [1.807, 2.05) is 13.8 Å². The van der Waals surface area contributed by atoms with Gasteiger partial charge in [-0.15, -0.1) is 0 Å². The Kier molecular flexibility index (Phi) is 6.05. The number of carbonyl (C=O) groups is 2. The fourth-order valence-corrected chi connectivity index (χ4v) is 3.18. The van der Waals surface area contributed by atoms with E-state index in [9.17, 15) is 9.59 Å². The van der Waals surface area contributed by atoms with E-state index in [0.717, 1.165) is 6.42 Å². The first-order chi connectivity index (χ1) is 13.4. The van der Waals surface area contributed by atoms with Crippen molar-refractivity contribution in [2.24, 2.45) is 0 Å². The van der Waals surface area contributed by atoms with E-state index in [1.54, 1.807) is 28.9 Å². The molecule has 2 atom stereocenters. The standard InChI is InChI=1S/C18H23ClN6O3/c1-4-12-9-16(26)23-17(20-12)25-15(7-10(2)24-25)22-18(27)21-13-8-11(19)5-6-14(13)28-3/h5-8,12,17,20H,4,9H2,1-3H3,(H,23,26)(H2,21,22,27). The molecule has 10 heteroatoms. The Labute approximate surface area is 167 Å². The molecule has 0 spiro atoms. The Bertz CT molecular complexity index is 884. The number of methoxy groups -OCH3 is 1. The van der Waals surface area contributed by atoms with Crippen molar-refractivity contribution in [1.82, 2.24) is 20.4 Å². The second-order valence-electron chi connectivity index (χ2n) is 6.49. The normalized spacial score (nSPS) is 19.1. The zero-order chi connectivity index (χ0) is 20.3. The van der Waals surface area contributed by atoms with E-state index in [1.165, 1.54) is 7.11 Å².